The van der Waals surface area contributed by atoms with Crippen LogP contribution in [0.2, 0.25) is 0 Å². The summed E-state index contributed by atoms with van der Waals surface area (Å²) in [7, 11) is 0. The number of ether oxygens (including phenoxy) is 2. The Labute approximate surface area is 200 Å². The molecule has 0 aliphatic carbocycles. The largest absolute Gasteiger partial charge is 0.508 e. The van der Waals surface area contributed by atoms with Crippen LogP contribution in [0.4, 0.5) is 0 Å². The molecular weight excluding hydrogens is 460 g/mol. The average molecular weight is 488 g/mol. The molecule has 1 aliphatic rings. The molecule has 10 heteroatoms. The molecule has 35 heavy (non-hydrogen) atoms. The summed E-state index contributed by atoms with van der Waals surface area (Å²) < 4.78 is 16.7. The molecule has 1 aliphatic heterocycles. The molecule has 0 saturated carbocycles. The lowest BCUT2D eigenvalue weighted by Crippen LogP contribution is -2.60. The number of phenolic OH excluding ortho intramolecular Hbond substituents is 1. The third-order valence-corrected chi connectivity index (χ3v) is 6.21. The molecule has 5 atom stereocenters. The molecule has 0 spiro atoms. The maximum atomic E-state index is 13.3. The fraction of sp³-hybridized carbons (Fsp3) is 0.400. The van der Waals surface area contributed by atoms with Gasteiger partial charge in [0.25, 0.3) is 0 Å². The Kier molecular flexibility index (Phi) is 7.13. The van der Waals surface area contributed by atoms with Crippen LogP contribution in [-0.4, -0.2) is 68.0 Å². The van der Waals surface area contributed by atoms with Crippen molar-refractivity contribution < 1.29 is 44.5 Å². The minimum atomic E-state index is -1.64. The monoisotopic (exact) mass is 488 g/mol. The second kappa shape index (κ2) is 9.94. The maximum absolute atomic E-state index is 13.3. The van der Waals surface area contributed by atoms with Gasteiger partial charge in [-0.3, -0.25) is 4.79 Å². The van der Waals surface area contributed by atoms with Gasteiger partial charge in [0.2, 0.25) is 11.7 Å². The highest BCUT2D eigenvalue weighted by molar-refractivity contribution is 5.85. The van der Waals surface area contributed by atoms with Crippen molar-refractivity contribution in [1.29, 1.82) is 0 Å². The predicted octanol–water partition coefficient (Wildman–Crippen LogP) is 0.960. The molecule has 0 bridgehead atoms. The number of hydrogen-bond donors (Lipinski definition) is 6. The number of benzene rings is 2. The molecule has 188 valence electrons. The van der Waals surface area contributed by atoms with Crippen LogP contribution >= 0.6 is 0 Å². The zero-order valence-corrected chi connectivity index (χ0v) is 19.2. The Hall–Kier alpha value is -2.99. The van der Waals surface area contributed by atoms with Crippen LogP contribution in [0.15, 0.2) is 45.8 Å². The topological polar surface area (TPSA) is 170 Å². The lowest BCUT2D eigenvalue weighted by molar-refractivity contribution is -0.277. The fourth-order valence-corrected chi connectivity index (χ4v) is 4.17. The van der Waals surface area contributed by atoms with E-state index >= 15 is 0 Å². The summed E-state index contributed by atoms with van der Waals surface area (Å²) in [5.74, 6) is 0.184. The molecule has 0 unspecified atom stereocenters. The first-order chi connectivity index (χ1) is 16.7. The van der Waals surface area contributed by atoms with E-state index in [1.807, 2.05) is 13.8 Å². The van der Waals surface area contributed by atoms with Crippen LogP contribution in [0.25, 0.3) is 22.1 Å². The maximum Gasteiger partial charge on any atom is 0.229 e. The molecule has 0 amide bonds. The van der Waals surface area contributed by atoms with Crippen molar-refractivity contribution in [1.82, 2.24) is 0 Å². The summed E-state index contributed by atoms with van der Waals surface area (Å²) in [6, 6.07) is 7.69. The summed E-state index contributed by atoms with van der Waals surface area (Å²) in [5, 5.41) is 59.8. The number of aromatic hydroxyl groups is 1. The SMILES string of the molecule is CC(C)c1cc(-c2coc3c(CO)c(O[C@@H]4O[C@H](CO)[C@@H](O)[C@H](O)[C@H]4O)ccc3c2=O)ccc1O. The van der Waals surface area contributed by atoms with E-state index < -0.39 is 43.9 Å². The first kappa shape index (κ1) is 25.1. The highest BCUT2D eigenvalue weighted by atomic mass is 16.7. The highest BCUT2D eigenvalue weighted by Gasteiger charge is 2.45. The summed E-state index contributed by atoms with van der Waals surface area (Å²) in [5.41, 5.74) is 1.32. The van der Waals surface area contributed by atoms with Gasteiger partial charge in [-0.25, -0.2) is 0 Å². The molecule has 4 rings (SSSR count). The van der Waals surface area contributed by atoms with Gasteiger partial charge in [0, 0.05) is 0 Å². The number of phenols is 1. The molecule has 1 fully saturated rings. The van der Waals surface area contributed by atoms with E-state index in [0.29, 0.717) is 11.1 Å². The zero-order valence-electron chi connectivity index (χ0n) is 19.2. The Morgan fingerprint density at radius 3 is 2.43 bits per heavy atom. The quantitative estimate of drug-likeness (QED) is 0.294. The summed E-state index contributed by atoms with van der Waals surface area (Å²) in [4.78, 5) is 13.3. The van der Waals surface area contributed by atoms with Gasteiger partial charge < -0.3 is 44.5 Å². The molecule has 2 heterocycles. The van der Waals surface area contributed by atoms with E-state index in [4.69, 9.17) is 13.9 Å². The van der Waals surface area contributed by atoms with E-state index in [9.17, 15) is 35.4 Å². The Morgan fingerprint density at radius 2 is 1.77 bits per heavy atom. The van der Waals surface area contributed by atoms with E-state index in [1.54, 1.807) is 12.1 Å². The molecule has 0 radical (unpaired) electrons. The standard InChI is InChI=1S/C25H28O10/c1-11(2)14-7-12(3-5-17(14)28)16-10-33-24-13(20(16)29)4-6-18(15(24)8-26)34-25-23(32)22(31)21(30)19(9-27)35-25/h3-7,10-11,19,21-23,25-28,30-32H,8-9H2,1-2H3/t19-,21-,22+,23-,25-/m1/s1. The van der Waals surface area contributed by atoms with Crippen molar-refractivity contribution in [2.45, 2.75) is 57.1 Å². The minimum Gasteiger partial charge on any atom is -0.508 e. The van der Waals surface area contributed by atoms with E-state index in [0.717, 1.165) is 0 Å². The minimum absolute atomic E-state index is 0.0203. The predicted molar refractivity (Wildman–Crippen MR) is 124 cm³/mol. The number of aliphatic hydroxyl groups excluding tert-OH is 5. The van der Waals surface area contributed by atoms with Crippen molar-refractivity contribution in [3.8, 4) is 22.6 Å². The fourth-order valence-electron chi connectivity index (χ4n) is 4.17. The smallest absolute Gasteiger partial charge is 0.229 e. The molecule has 3 aromatic rings. The third-order valence-electron chi connectivity index (χ3n) is 6.21. The van der Waals surface area contributed by atoms with Crippen molar-refractivity contribution in [2.75, 3.05) is 6.61 Å². The van der Waals surface area contributed by atoms with Crippen LogP contribution in [0, 0.1) is 0 Å². The van der Waals surface area contributed by atoms with Gasteiger partial charge in [-0.15, -0.1) is 0 Å². The number of hydrogen-bond acceptors (Lipinski definition) is 10. The lowest BCUT2D eigenvalue weighted by Gasteiger charge is -2.39. The first-order valence-electron chi connectivity index (χ1n) is 11.2. The van der Waals surface area contributed by atoms with Gasteiger partial charge in [-0.1, -0.05) is 19.9 Å². The normalized spacial score (nSPS) is 24.7. The summed E-state index contributed by atoms with van der Waals surface area (Å²) in [6.07, 6.45) is -6.20. The molecule has 1 saturated heterocycles. The Bertz CT molecular complexity index is 1270. The van der Waals surface area contributed by atoms with Crippen LogP contribution in [0.1, 0.15) is 30.9 Å². The van der Waals surface area contributed by atoms with Gasteiger partial charge >= 0.3 is 0 Å². The summed E-state index contributed by atoms with van der Waals surface area (Å²) >= 11 is 0. The second-order valence-electron chi connectivity index (χ2n) is 8.80. The van der Waals surface area contributed by atoms with Gasteiger partial charge in [0.1, 0.15) is 47.8 Å². The van der Waals surface area contributed by atoms with Crippen molar-refractivity contribution in [3.63, 3.8) is 0 Å². The Morgan fingerprint density at radius 1 is 1.03 bits per heavy atom. The molecule has 10 nitrogen and oxygen atoms in total. The molecule has 1 aromatic heterocycles. The number of aliphatic hydroxyl groups is 5. The van der Waals surface area contributed by atoms with Crippen molar-refractivity contribution >= 4 is 11.0 Å². The van der Waals surface area contributed by atoms with Gasteiger partial charge in [-0.2, -0.15) is 0 Å². The lowest BCUT2D eigenvalue weighted by atomic mass is 9.96. The average Bonchev–Trinajstić information content (AvgIpc) is 2.84. The molecule has 2 aromatic carbocycles. The first-order valence-corrected chi connectivity index (χ1v) is 11.2. The van der Waals surface area contributed by atoms with Crippen LogP contribution in [0.3, 0.4) is 0 Å². The van der Waals surface area contributed by atoms with E-state index in [2.05, 4.69) is 0 Å². The van der Waals surface area contributed by atoms with Gasteiger partial charge in [0.05, 0.1) is 29.7 Å². The van der Waals surface area contributed by atoms with Gasteiger partial charge in [0.15, 0.2) is 0 Å². The number of fused-ring (bicyclic) bond motifs is 1. The Balaban J connectivity index is 1.73. The molecular formula is C25H28O10. The summed E-state index contributed by atoms with van der Waals surface area (Å²) in [6.45, 7) is 2.64. The zero-order chi connectivity index (χ0) is 25.4. The van der Waals surface area contributed by atoms with E-state index in [1.165, 1.54) is 24.5 Å². The third kappa shape index (κ3) is 4.52. The number of rotatable bonds is 6. The van der Waals surface area contributed by atoms with E-state index in [-0.39, 0.29) is 44.9 Å². The van der Waals surface area contributed by atoms with Gasteiger partial charge in [-0.05, 0) is 41.3 Å². The van der Waals surface area contributed by atoms with Crippen LogP contribution in [0.5, 0.6) is 11.5 Å². The van der Waals surface area contributed by atoms with Crippen molar-refractivity contribution in [3.05, 3.63) is 57.9 Å². The van der Waals surface area contributed by atoms with Crippen LogP contribution in [-0.2, 0) is 11.3 Å². The van der Waals surface area contributed by atoms with Crippen LogP contribution < -0.4 is 10.2 Å². The molecule has 6 N–H and O–H groups in total. The highest BCUT2D eigenvalue weighted by Crippen LogP contribution is 2.33. The van der Waals surface area contributed by atoms with Crippen molar-refractivity contribution in [2.24, 2.45) is 0 Å². The second-order valence-corrected chi connectivity index (χ2v) is 8.80.